The van der Waals surface area contributed by atoms with Crippen LogP contribution in [0.3, 0.4) is 0 Å². The summed E-state index contributed by atoms with van der Waals surface area (Å²) >= 11 is 3.38. The molecule has 0 saturated heterocycles. The first-order valence-corrected chi connectivity index (χ1v) is 4.22. The summed E-state index contributed by atoms with van der Waals surface area (Å²) in [5, 5.41) is 0. The minimum Gasteiger partial charge on any atom is -0.397 e. The van der Waals surface area contributed by atoms with Crippen LogP contribution < -0.4 is 5.73 Å². The lowest BCUT2D eigenvalue weighted by Gasteiger charge is -2.07. The number of anilines is 1. The second-order valence-corrected chi connectivity index (χ2v) is 3.43. The lowest BCUT2D eigenvalue weighted by molar-refractivity contribution is 1.08. The Morgan fingerprint density at radius 2 is 1.73 bits per heavy atom. The molecule has 0 fully saturated rings. The Labute approximate surface area is 75.0 Å². The molecule has 0 amide bonds. The van der Waals surface area contributed by atoms with Crippen LogP contribution in [0.5, 0.6) is 0 Å². The second kappa shape index (κ2) is 2.81. The fourth-order valence-electron chi connectivity index (χ4n) is 0.939. The molecule has 60 valence electrons. The first-order valence-electron chi connectivity index (χ1n) is 3.42. The highest BCUT2D eigenvalue weighted by atomic mass is 79.9. The predicted octanol–water partition coefficient (Wildman–Crippen LogP) is 2.35. The molecule has 2 nitrogen and oxygen atoms in total. The minimum atomic E-state index is 0.801. The number of nitrogen functional groups attached to an aromatic ring is 1. The number of nitrogens with two attached hydrogens (primary N) is 1. The van der Waals surface area contributed by atoms with Crippen molar-refractivity contribution in [1.29, 1.82) is 0 Å². The number of nitrogens with zero attached hydrogens (tertiary/aromatic N) is 1. The highest BCUT2D eigenvalue weighted by Gasteiger charge is 2.06. The predicted molar refractivity (Wildman–Crippen MR) is 50.6 cm³/mol. The van der Waals surface area contributed by atoms with Gasteiger partial charge in [-0.15, -0.1) is 0 Å². The van der Waals surface area contributed by atoms with E-state index in [4.69, 9.17) is 5.73 Å². The highest BCUT2D eigenvalue weighted by Crippen LogP contribution is 2.26. The number of halogens is 1. The molecule has 1 heterocycles. The Bertz CT molecular complexity index is 268. The maximum atomic E-state index is 5.80. The van der Waals surface area contributed by atoms with Crippen LogP contribution in [0.1, 0.15) is 17.0 Å². The van der Waals surface area contributed by atoms with E-state index in [0.29, 0.717) is 0 Å². The summed E-state index contributed by atoms with van der Waals surface area (Å²) in [7, 11) is 0. The molecule has 1 aromatic heterocycles. The summed E-state index contributed by atoms with van der Waals surface area (Å²) < 4.78 is 0.917. The van der Waals surface area contributed by atoms with Crippen LogP contribution in [0.4, 0.5) is 5.69 Å². The maximum absolute atomic E-state index is 5.80. The molecule has 2 N–H and O–H groups in total. The summed E-state index contributed by atoms with van der Waals surface area (Å²) in [5.74, 6) is 0. The number of pyridine rings is 1. The van der Waals surface area contributed by atoms with Crippen LogP contribution >= 0.6 is 15.9 Å². The van der Waals surface area contributed by atoms with Crippen molar-refractivity contribution < 1.29 is 0 Å². The smallest absolute Gasteiger partial charge is 0.0620 e. The summed E-state index contributed by atoms with van der Waals surface area (Å²) in [5.41, 5.74) is 9.61. The molecule has 0 atom stereocenters. The first-order chi connectivity index (χ1) is 5.04. The van der Waals surface area contributed by atoms with Crippen LogP contribution in [0.2, 0.25) is 0 Å². The molecule has 0 radical (unpaired) electrons. The molecule has 1 aromatic rings. The van der Waals surface area contributed by atoms with E-state index in [0.717, 1.165) is 27.1 Å². The molecule has 0 aromatic carbocycles. The minimum absolute atomic E-state index is 0.801. The standard InChI is InChI=1S/C8H11BrN2/c1-4-5(2)11-6(3)7(9)8(4)10/h1-3H3,(H2,10,11). The Morgan fingerprint density at radius 1 is 1.18 bits per heavy atom. The van der Waals surface area contributed by atoms with Gasteiger partial charge in [0.25, 0.3) is 0 Å². The van der Waals surface area contributed by atoms with Crippen LogP contribution in [-0.2, 0) is 0 Å². The summed E-state index contributed by atoms with van der Waals surface area (Å²) in [6.07, 6.45) is 0. The van der Waals surface area contributed by atoms with Gasteiger partial charge >= 0.3 is 0 Å². The maximum Gasteiger partial charge on any atom is 0.0620 e. The van der Waals surface area contributed by atoms with Crippen LogP contribution in [0.25, 0.3) is 0 Å². The van der Waals surface area contributed by atoms with Crippen LogP contribution in [0, 0.1) is 20.8 Å². The van der Waals surface area contributed by atoms with Crippen molar-refractivity contribution >= 4 is 21.6 Å². The molecule has 11 heavy (non-hydrogen) atoms. The van der Waals surface area contributed by atoms with Gasteiger partial charge in [-0.2, -0.15) is 0 Å². The highest BCUT2D eigenvalue weighted by molar-refractivity contribution is 9.10. The molecule has 0 saturated carbocycles. The van der Waals surface area contributed by atoms with Gasteiger partial charge in [0.2, 0.25) is 0 Å². The Kier molecular flexibility index (Phi) is 2.18. The van der Waals surface area contributed by atoms with E-state index in [9.17, 15) is 0 Å². The molecule has 0 unspecified atom stereocenters. The lowest BCUT2D eigenvalue weighted by Crippen LogP contribution is -1.99. The van der Waals surface area contributed by atoms with Crippen molar-refractivity contribution in [2.75, 3.05) is 5.73 Å². The molecule has 0 aliphatic carbocycles. The van der Waals surface area contributed by atoms with E-state index in [1.165, 1.54) is 0 Å². The molecule has 0 aliphatic heterocycles. The van der Waals surface area contributed by atoms with Crippen molar-refractivity contribution in [2.45, 2.75) is 20.8 Å². The third kappa shape index (κ3) is 1.38. The molecule has 1 rings (SSSR count). The van der Waals surface area contributed by atoms with Gasteiger partial charge in [-0.25, -0.2) is 0 Å². The zero-order valence-electron chi connectivity index (χ0n) is 6.90. The van der Waals surface area contributed by atoms with Gasteiger partial charge < -0.3 is 5.73 Å². The van der Waals surface area contributed by atoms with Crippen molar-refractivity contribution in [1.82, 2.24) is 4.98 Å². The number of aryl methyl sites for hydroxylation is 2. The number of rotatable bonds is 0. The zero-order chi connectivity index (χ0) is 8.59. The SMILES string of the molecule is Cc1nc(C)c(Br)c(N)c1C. The van der Waals surface area contributed by atoms with Gasteiger partial charge in [0.15, 0.2) is 0 Å². The van der Waals surface area contributed by atoms with E-state index in [2.05, 4.69) is 20.9 Å². The molecule has 0 spiro atoms. The van der Waals surface area contributed by atoms with Crippen molar-refractivity contribution in [3.8, 4) is 0 Å². The monoisotopic (exact) mass is 214 g/mol. The largest absolute Gasteiger partial charge is 0.397 e. The zero-order valence-corrected chi connectivity index (χ0v) is 8.49. The summed E-state index contributed by atoms with van der Waals surface area (Å²) in [6.45, 7) is 5.87. The van der Waals surface area contributed by atoms with Gasteiger partial charge in [0.05, 0.1) is 15.9 Å². The van der Waals surface area contributed by atoms with E-state index in [1.54, 1.807) is 0 Å². The van der Waals surface area contributed by atoms with E-state index < -0.39 is 0 Å². The average molecular weight is 215 g/mol. The summed E-state index contributed by atoms with van der Waals surface area (Å²) in [6, 6.07) is 0. The van der Waals surface area contributed by atoms with E-state index >= 15 is 0 Å². The molecule has 0 bridgehead atoms. The number of hydrogen-bond acceptors (Lipinski definition) is 2. The topological polar surface area (TPSA) is 38.9 Å². The van der Waals surface area contributed by atoms with Crippen LogP contribution in [0.15, 0.2) is 4.47 Å². The Hall–Kier alpha value is -0.570. The second-order valence-electron chi connectivity index (χ2n) is 2.64. The molecular formula is C8H11BrN2. The van der Waals surface area contributed by atoms with Gasteiger partial charge in [0.1, 0.15) is 0 Å². The van der Waals surface area contributed by atoms with E-state index in [1.807, 2.05) is 20.8 Å². The van der Waals surface area contributed by atoms with Gasteiger partial charge in [-0.05, 0) is 42.3 Å². The molecule has 0 aliphatic rings. The van der Waals surface area contributed by atoms with Gasteiger partial charge in [-0.1, -0.05) is 0 Å². The van der Waals surface area contributed by atoms with Crippen LogP contribution in [-0.4, -0.2) is 4.98 Å². The Morgan fingerprint density at radius 3 is 2.27 bits per heavy atom. The third-order valence-electron chi connectivity index (χ3n) is 1.84. The summed E-state index contributed by atoms with van der Waals surface area (Å²) in [4.78, 5) is 4.31. The first kappa shape index (κ1) is 8.53. The fraction of sp³-hybridized carbons (Fsp3) is 0.375. The van der Waals surface area contributed by atoms with Crippen molar-refractivity contribution in [3.05, 3.63) is 21.4 Å². The number of aromatic nitrogens is 1. The van der Waals surface area contributed by atoms with Gasteiger partial charge in [-0.3, -0.25) is 4.98 Å². The average Bonchev–Trinajstić information content (AvgIpc) is 1.97. The normalized spacial score (nSPS) is 10.2. The number of hydrogen-bond donors (Lipinski definition) is 1. The Balaban J connectivity index is 3.46. The molecule has 3 heteroatoms. The van der Waals surface area contributed by atoms with Crippen molar-refractivity contribution in [2.24, 2.45) is 0 Å². The van der Waals surface area contributed by atoms with Gasteiger partial charge in [0, 0.05) is 5.69 Å². The third-order valence-corrected chi connectivity index (χ3v) is 2.84. The van der Waals surface area contributed by atoms with Crippen molar-refractivity contribution in [3.63, 3.8) is 0 Å². The lowest BCUT2D eigenvalue weighted by atomic mass is 10.2. The molecular weight excluding hydrogens is 204 g/mol. The quantitative estimate of drug-likeness (QED) is 0.721. The fourth-order valence-corrected chi connectivity index (χ4v) is 1.32. The van der Waals surface area contributed by atoms with E-state index in [-0.39, 0.29) is 0 Å².